The molecule has 4 rings (SSSR count). The topological polar surface area (TPSA) is 102 Å². The van der Waals surface area contributed by atoms with E-state index in [1.54, 1.807) is 48.1 Å². The quantitative estimate of drug-likeness (QED) is 0.401. The zero-order chi connectivity index (χ0) is 27.9. The molecule has 2 heterocycles. The van der Waals surface area contributed by atoms with Crippen molar-refractivity contribution in [1.29, 1.82) is 0 Å². The monoisotopic (exact) mass is 530 g/mol. The van der Waals surface area contributed by atoms with Gasteiger partial charge in [-0.15, -0.1) is 0 Å². The van der Waals surface area contributed by atoms with Crippen molar-refractivity contribution in [1.82, 2.24) is 19.8 Å². The number of hydrogen-bond acceptors (Lipinski definition) is 7. The number of nitrogens with zero attached hydrogens (tertiary/aromatic N) is 4. The van der Waals surface area contributed by atoms with Gasteiger partial charge in [0, 0.05) is 36.8 Å². The summed E-state index contributed by atoms with van der Waals surface area (Å²) >= 11 is 0. The number of methoxy groups -OCH3 is 1. The molecule has 204 valence electrons. The van der Waals surface area contributed by atoms with Crippen LogP contribution in [0.15, 0.2) is 54.6 Å². The van der Waals surface area contributed by atoms with Crippen LogP contribution in [0.25, 0.3) is 11.4 Å². The number of rotatable bonds is 8. The van der Waals surface area contributed by atoms with E-state index in [-0.39, 0.29) is 35.7 Å². The minimum absolute atomic E-state index is 0.0351. The molecule has 39 heavy (non-hydrogen) atoms. The van der Waals surface area contributed by atoms with Gasteiger partial charge >= 0.3 is 5.97 Å². The number of amides is 2. The molecule has 0 radical (unpaired) electrons. The van der Waals surface area contributed by atoms with Crippen LogP contribution >= 0.6 is 0 Å². The smallest absolute Gasteiger partial charge is 0.342 e. The first-order valence-electron chi connectivity index (χ1n) is 13.3. The average molecular weight is 531 g/mol. The Hall–Kier alpha value is -4.27. The molecule has 1 aliphatic rings. The summed E-state index contributed by atoms with van der Waals surface area (Å²) in [5, 5.41) is 0. The van der Waals surface area contributed by atoms with Gasteiger partial charge in [-0.25, -0.2) is 14.8 Å². The molecule has 9 nitrogen and oxygen atoms in total. The Morgan fingerprint density at radius 2 is 1.67 bits per heavy atom. The second kappa shape index (κ2) is 12.5. The lowest BCUT2D eigenvalue weighted by Crippen LogP contribution is -2.55. The Morgan fingerprint density at radius 3 is 2.28 bits per heavy atom. The van der Waals surface area contributed by atoms with Crippen molar-refractivity contribution in [2.75, 3.05) is 33.4 Å². The van der Waals surface area contributed by atoms with Crippen molar-refractivity contribution in [3.05, 3.63) is 77.1 Å². The molecule has 0 aliphatic carbocycles. The molecule has 2 amide bonds. The number of carbonyl (C=O) groups excluding carboxylic acids is 3. The summed E-state index contributed by atoms with van der Waals surface area (Å²) in [4.78, 5) is 52.9. The highest BCUT2D eigenvalue weighted by Gasteiger charge is 2.34. The maximum absolute atomic E-state index is 13.9. The van der Waals surface area contributed by atoms with Gasteiger partial charge in [-0.05, 0) is 44.5 Å². The number of esters is 1. The van der Waals surface area contributed by atoms with Crippen molar-refractivity contribution in [3.8, 4) is 17.1 Å². The van der Waals surface area contributed by atoms with E-state index in [2.05, 4.69) is 9.97 Å². The molecule has 0 spiro atoms. The van der Waals surface area contributed by atoms with Crippen molar-refractivity contribution in [2.45, 2.75) is 39.7 Å². The third-order valence-corrected chi connectivity index (χ3v) is 6.70. The zero-order valence-electron chi connectivity index (χ0n) is 22.8. The molecule has 0 bridgehead atoms. The van der Waals surface area contributed by atoms with E-state index in [1.807, 2.05) is 44.2 Å². The van der Waals surface area contributed by atoms with Crippen LogP contribution in [-0.4, -0.2) is 76.9 Å². The fourth-order valence-corrected chi connectivity index (χ4v) is 4.71. The molecule has 1 aromatic heterocycles. The van der Waals surface area contributed by atoms with E-state index in [4.69, 9.17) is 9.47 Å². The highest BCUT2D eigenvalue weighted by atomic mass is 16.5. The minimum atomic E-state index is -0.606. The van der Waals surface area contributed by atoms with Crippen molar-refractivity contribution in [3.63, 3.8) is 0 Å². The fraction of sp³-hybridized carbons (Fsp3) is 0.367. The number of benzene rings is 2. The number of carbonyl (C=O) groups is 3. The highest BCUT2D eigenvalue weighted by Crippen LogP contribution is 2.24. The van der Waals surface area contributed by atoms with Crippen molar-refractivity contribution < 1.29 is 23.9 Å². The Balaban J connectivity index is 1.64. The lowest BCUT2D eigenvalue weighted by atomic mass is 10.0. The summed E-state index contributed by atoms with van der Waals surface area (Å²) < 4.78 is 10.5. The number of aromatic nitrogens is 2. The molecule has 1 unspecified atom stereocenters. The van der Waals surface area contributed by atoms with Crippen LogP contribution < -0.4 is 4.74 Å². The van der Waals surface area contributed by atoms with Crippen LogP contribution in [0.1, 0.15) is 64.1 Å². The van der Waals surface area contributed by atoms with Gasteiger partial charge in [0.15, 0.2) is 5.82 Å². The second-order valence-electron chi connectivity index (χ2n) is 9.38. The summed E-state index contributed by atoms with van der Waals surface area (Å²) in [6, 6.07) is 16.1. The standard InChI is InChI=1S/C30H34N4O5/c1-5-10-24-25(30(37)39-6-2)26(32-27(31-24)21-11-8-7-9-12-21)29(36)33-17-18-34(20(3)19-33)28(35)22-13-15-23(38-4)16-14-22/h7-9,11-16,20H,5-6,10,17-19H2,1-4H3. The second-order valence-corrected chi connectivity index (χ2v) is 9.38. The average Bonchev–Trinajstić information content (AvgIpc) is 2.96. The minimum Gasteiger partial charge on any atom is -0.497 e. The molecule has 2 aromatic carbocycles. The number of piperazine rings is 1. The number of hydrogen-bond donors (Lipinski definition) is 0. The molecule has 1 aliphatic heterocycles. The maximum Gasteiger partial charge on any atom is 0.342 e. The van der Waals surface area contributed by atoms with E-state index >= 15 is 0 Å². The first-order valence-corrected chi connectivity index (χ1v) is 13.3. The molecular weight excluding hydrogens is 496 g/mol. The molecule has 1 fully saturated rings. The molecule has 0 saturated carbocycles. The van der Waals surface area contributed by atoms with Gasteiger partial charge in [-0.3, -0.25) is 9.59 Å². The maximum atomic E-state index is 13.9. The summed E-state index contributed by atoms with van der Waals surface area (Å²) in [6.07, 6.45) is 1.23. The Bertz CT molecular complexity index is 1330. The fourth-order valence-electron chi connectivity index (χ4n) is 4.71. The SMILES string of the molecule is CCCc1nc(-c2ccccc2)nc(C(=O)N2CCN(C(=O)c3ccc(OC)cc3)C(C)C2)c1C(=O)OCC. The van der Waals surface area contributed by atoms with E-state index in [0.29, 0.717) is 48.9 Å². The van der Waals surface area contributed by atoms with Gasteiger partial charge in [0.2, 0.25) is 0 Å². The highest BCUT2D eigenvalue weighted by molar-refractivity contribution is 6.05. The summed E-state index contributed by atoms with van der Waals surface area (Å²) in [7, 11) is 1.58. The predicted octanol–water partition coefficient (Wildman–Crippen LogP) is 4.27. The first-order chi connectivity index (χ1) is 18.9. The summed E-state index contributed by atoms with van der Waals surface area (Å²) in [6.45, 7) is 6.75. The Kier molecular flexibility index (Phi) is 8.91. The third-order valence-electron chi connectivity index (χ3n) is 6.70. The van der Waals surface area contributed by atoms with Gasteiger partial charge in [0.05, 0.1) is 19.4 Å². The van der Waals surface area contributed by atoms with Crippen LogP contribution in [0.4, 0.5) is 0 Å². The molecule has 9 heteroatoms. The lowest BCUT2D eigenvalue weighted by Gasteiger charge is -2.40. The molecule has 1 saturated heterocycles. The zero-order valence-corrected chi connectivity index (χ0v) is 22.8. The predicted molar refractivity (Wildman–Crippen MR) is 147 cm³/mol. The molecule has 3 aromatic rings. The molecular formula is C30H34N4O5. The third kappa shape index (κ3) is 6.08. The molecule has 0 N–H and O–H groups in total. The van der Waals surface area contributed by atoms with Crippen molar-refractivity contribution in [2.24, 2.45) is 0 Å². The normalized spacial score (nSPS) is 15.1. The van der Waals surface area contributed by atoms with E-state index in [0.717, 1.165) is 12.0 Å². The first kappa shape index (κ1) is 27.8. The van der Waals surface area contributed by atoms with Crippen LogP contribution in [0, 0.1) is 0 Å². The summed E-state index contributed by atoms with van der Waals surface area (Å²) in [5.74, 6) is -0.0295. The van der Waals surface area contributed by atoms with Gasteiger partial charge in [0.1, 0.15) is 17.0 Å². The van der Waals surface area contributed by atoms with Gasteiger partial charge in [0.25, 0.3) is 11.8 Å². The van der Waals surface area contributed by atoms with Crippen LogP contribution in [-0.2, 0) is 11.2 Å². The lowest BCUT2D eigenvalue weighted by molar-refractivity contribution is 0.0406. The van der Waals surface area contributed by atoms with Crippen LogP contribution in [0.5, 0.6) is 5.75 Å². The Morgan fingerprint density at radius 1 is 0.949 bits per heavy atom. The van der Waals surface area contributed by atoms with Gasteiger partial charge in [-0.2, -0.15) is 0 Å². The Labute approximate surface area is 228 Å². The van der Waals surface area contributed by atoms with Crippen LogP contribution in [0.2, 0.25) is 0 Å². The number of aryl methyl sites for hydroxylation is 1. The van der Waals surface area contributed by atoms with Gasteiger partial charge in [-0.1, -0.05) is 43.7 Å². The number of ether oxygens (including phenoxy) is 2. The summed E-state index contributed by atoms with van der Waals surface area (Å²) in [5.41, 5.74) is 1.96. The van der Waals surface area contributed by atoms with E-state index < -0.39 is 5.97 Å². The van der Waals surface area contributed by atoms with E-state index in [1.165, 1.54) is 0 Å². The van der Waals surface area contributed by atoms with Gasteiger partial charge < -0.3 is 19.3 Å². The van der Waals surface area contributed by atoms with Crippen LogP contribution in [0.3, 0.4) is 0 Å². The van der Waals surface area contributed by atoms with Crippen molar-refractivity contribution >= 4 is 17.8 Å². The van der Waals surface area contributed by atoms with E-state index in [9.17, 15) is 14.4 Å². The largest absolute Gasteiger partial charge is 0.497 e. The molecule has 1 atom stereocenters.